The van der Waals surface area contributed by atoms with Crippen molar-refractivity contribution in [3.63, 3.8) is 0 Å². The summed E-state index contributed by atoms with van der Waals surface area (Å²) in [6.07, 6.45) is 2.27. The normalized spacial score (nSPS) is 15.7. The number of nitrogens with zero attached hydrogens (tertiary/aromatic N) is 2. The van der Waals surface area contributed by atoms with Crippen LogP contribution in [0.15, 0.2) is 42.6 Å². The van der Waals surface area contributed by atoms with E-state index in [-0.39, 0.29) is 31.2 Å². The van der Waals surface area contributed by atoms with Gasteiger partial charge in [0.2, 0.25) is 11.8 Å². The molecular formula is C21H24N4O5. The van der Waals surface area contributed by atoms with Gasteiger partial charge in [-0.2, -0.15) is 0 Å². The number of benzene rings is 1. The number of hydrogen-bond donors (Lipinski definition) is 2. The zero-order valence-electron chi connectivity index (χ0n) is 16.9. The van der Waals surface area contributed by atoms with Gasteiger partial charge < -0.3 is 20.1 Å². The van der Waals surface area contributed by atoms with Gasteiger partial charge in [0.1, 0.15) is 11.8 Å². The predicted octanol–water partition coefficient (Wildman–Crippen LogP) is 1.98. The van der Waals surface area contributed by atoms with Crippen LogP contribution in [0.3, 0.4) is 0 Å². The highest BCUT2D eigenvalue weighted by atomic mass is 16.5. The molecule has 0 unspecified atom stereocenters. The first-order valence-electron chi connectivity index (χ1n) is 9.55. The summed E-state index contributed by atoms with van der Waals surface area (Å²) < 4.78 is 10.3. The average Bonchev–Trinajstić information content (AvgIpc) is 3.04. The molecule has 158 valence electrons. The molecule has 9 nitrogen and oxygen atoms in total. The number of nitrogens with one attached hydrogen (secondary N) is 2. The van der Waals surface area contributed by atoms with Crippen LogP contribution in [0, 0.1) is 0 Å². The number of carbonyl (C=O) groups excluding carboxylic acids is 3. The Kier molecular flexibility index (Phi) is 6.84. The van der Waals surface area contributed by atoms with Crippen LogP contribution in [0.1, 0.15) is 18.4 Å². The van der Waals surface area contributed by atoms with Gasteiger partial charge in [0.15, 0.2) is 0 Å². The Morgan fingerprint density at radius 1 is 1.17 bits per heavy atom. The first-order chi connectivity index (χ1) is 14.5. The molecule has 1 atom stereocenters. The lowest BCUT2D eigenvalue weighted by atomic mass is 10.1. The van der Waals surface area contributed by atoms with Gasteiger partial charge in [0.05, 0.1) is 26.1 Å². The topological polar surface area (TPSA) is 110 Å². The van der Waals surface area contributed by atoms with Crippen molar-refractivity contribution in [1.29, 1.82) is 0 Å². The van der Waals surface area contributed by atoms with Gasteiger partial charge >= 0.3 is 6.03 Å². The van der Waals surface area contributed by atoms with Crippen molar-refractivity contribution in [2.24, 2.45) is 0 Å². The van der Waals surface area contributed by atoms with Gasteiger partial charge in [-0.25, -0.2) is 9.78 Å². The van der Waals surface area contributed by atoms with E-state index in [1.165, 1.54) is 18.2 Å². The molecule has 0 bridgehead atoms. The smallest absolute Gasteiger partial charge is 0.324 e. The fourth-order valence-corrected chi connectivity index (χ4v) is 3.20. The van der Waals surface area contributed by atoms with Gasteiger partial charge in [0.25, 0.3) is 5.91 Å². The number of aromatic nitrogens is 1. The summed E-state index contributed by atoms with van der Waals surface area (Å²) in [5.74, 6) is 0.566. The van der Waals surface area contributed by atoms with Crippen molar-refractivity contribution in [3.05, 3.63) is 48.2 Å². The Balaban J connectivity index is 1.49. The van der Waals surface area contributed by atoms with Gasteiger partial charge in [-0.3, -0.25) is 14.5 Å². The summed E-state index contributed by atoms with van der Waals surface area (Å²) in [4.78, 5) is 42.1. The van der Waals surface area contributed by atoms with Crippen molar-refractivity contribution in [1.82, 2.24) is 15.2 Å². The van der Waals surface area contributed by atoms with E-state index >= 15 is 0 Å². The van der Waals surface area contributed by atoms with Crippen LogP contribution in [-0.4, -0.2) is 54.5 Å². The largest absolute Gasteiger partial charge is 0.496 e. The molecule has 2 N–H and O–H groups in total. The molecule has 1 aliphatic rings. The fourth-order valence-electron chi connectivity index (χ4n) is 3.20. The molecule has 0 saturated carbocycles. The highest BCUT2D eigenvalue weighted by molar-refractivity contribution is 6.04. The van der Waals surface area contributed by atoms with Crippen molar-refractivity contribution < 1.29 is 23.9 Å². The van der Waals surface area contributed by atoms with Gasteiger partial charge in [-0.1, -0.05) is 18.2 Å². The van der Waals surface area contributed by atoms with Crippen LogP contribution in [-0.2, 0) is 16.0 Å². The van der Waals surface area contributed by atoms with E-state index in [0.717, 1.165) is 5.56 Å². The second kappa shape index (κ2) is 9.73. The van der Waals surface area contributed by atoms with Gasteiger partial charge in [0, 0.05) is 19.0 Å². The molecule has 30 heavy (non-hydrogen) atoms. The molecule has 0 aliphatic carbocycles. The number of ether oxygens (including phenoxy) is 2. The number of urea groups is 1. The first-order valence-corrected chi connectivity index (χ1v) is 9.55. The summed E-state index contributed by atoms with van der Waals surface area (Å²) >= 11 is 0. The number of hydrogen-bond acceptors (Lipinski definition) is 6. The minimum absolute atomic E-state index is 0.0864. The number of amides is 4. The van der Waals surface area contributed by atoms with E-state index in [4.69, 9.17) is 9.47 Å². The maximum absolute atomic E-state index is 12.6. The number of carbonyl (C=O) groups is 3. The zero-order chi connectivity index (χ0) is 21.5. The Hall–Kier alpha value is -3.62. The molecule has 4 amide bonds. The predicted molar refractivity (Wildman–Crippen MR) is 109 cm³/mol. The van der Waals surface area contributed by atoms with Gasteiger partial charge in [-0.05, 0) is 30.5 Å². The van der Waals surface area contributed by atoms with Gasteiger partial charge in [-0.15, -0.1) is 0 Å². The summed E-state index contributed by atoms with van der Waals surface area (Å²) in [7, 11) is 3.09. The summed E-state index contributed by atoms with van der Waals surface area (Å²) in [5.41, 5.74) is 1.44. The molecule has 2 aromatic rings. The Morgan fingerprint density at radius 2 is 1.97 bits per heavy atom. The molecule has 1 aromatic carbocycles. The molecular weight excluding hydrogens is 388 g/mol. The molecule has 0 radical (unpaired) electrons. The molecule has 9 heteroatoms. The van der Waals surface area contributed by atoms with E-state index in [9.17, 15) is 14.4 Å². The average molecular weight is 412 g/mol. The minimum atomic E-state index is -0.713. The Morgan fingerprint density at radius 3 is 2.67 bits per heavy atom. The maximum atomic E-state index is 12.6. The Bertz CT molecular complexity index is 916. The zero-order valence-corrected chi connectivity index (χ0v) is 16.9. The third-order valence-electron chi connectivity index (χ3n) is 4.79. The number of para-hydroxylation sites is 1. The third kappa shape index (κ3) is 5.05. The molecule has 1 aliphatic heterocycles. The molecule has 2 heterocycles. The van der Waals surface area contributed by atoms with E-state index in [1.807, 2.05) is 24.3 Å². The highest BCUT2D eigenvalue weighted by Gasteiger charge is 2.37. The third-order valence-corrected chi connectivity index (χ3v) is 4.79. The lowest BCUT2D eigenvalue weighted by Crippen LogP contribution is -2.33. The molecule has 1 saturated heterocycles. The van der Waals surface area contributed by atoms with E-state index in [0.29, 0.717) is 23.7 Å². The van der Waals surface area contributed by atoms with Crippen LogP contribution in [0.4, 0.5) is 10.5 Å². The lowest BCUT2D eigenvalue weighted by molar-refractivity contribution is -0.127. The van der Waals surface area contributed by atoms with Crippen LogP contribution >= 0.6 is 0 Å². The van der Waals surface area contributed by atoms with Crippen LogP contribution in [0.25, 0.3) is 0 Å². The number of anilines is 1. The molecule has 1 fully saturated rings. The summed E-state index contributed by atoms with van der Waals surface area (Å²) in [6, 6.07) is 9.62. The molecule has 1 aromatic heterocycles. The molecule has 0 spiro atoms. The second-order valence-corrected chi connectivity index (χ2v) is 6.73. The minimum Gasteiger partial charge on any atom is -0.496 e. The lowest BCUT2D eigenvalue weighted by Gasteiger charge is -2.14. The van der Waals surface area contributed by atoms with Crippen LogP contribution < -0.4 is 20.1 Å². The number of imide groups is 1. The SMILES string of the molecule is COc1ccc(NC(=O)CC[C@H]2NC(=O)N(CCc3ccccc3OC)C2=O)cn1. The van der Waals surface area contributed by atoms with Crippen molar-refractivity contribution in [2.75, 3.05) is 26.1 Å². The van der Waals surface area contributed by atoms with Crippen molar-refractivity contribution in [2.45, 2.75) is 25.3 Å². The second-order valence-electron chi connectivity index (χ2n) is 6.73. The maximum Gasteiger partial charge on any atom is 0.324 e. The van der Waals surface area contributed by atoms with Crippen molar-refractivity contribution >= 4 is 23.5 Å². The summed E-state index contributed by atoms with van der Waals surface area (Å²) in [5, 5.41) is 5.36. The van der Waals surface area contributed by atoms with Crippen molar-refractivity contribution in [3.8, 4) is 11.6 Å². The number of rotatable bonds is 9. The molecule has 3 rings (SSSR count). The Labute approximate surface area is 174 Å². The summed E-state index contributed by atoms with van der Waals surface area (Å²) in [6.45, 7) is 0.241. The fraction of sp³-hybridized carbons (Fsp3) is 0.333. The highest BCUT2D eigenvalue weighted by Crippen LogP contribution is 2.20. The number of pyridine rings is 1. The standard InChI is InChI=1S/C21H24N4O5/c1-29-17-6-4-3-5-14(17)11-12-25-20(27)16(24-21(25)28)8-9-18(26)23-15-7-10-19(30-2)22-13-15/h3-7,10,13,16H,8-9,11-12H2,1-2H3,(H,23,26)(H,24,28)/t16-/m1/s1. The van der Waals surface area contributed by atoms with Crippen LogP contribution in [0.2, 0.25) is 0 Å². The first kappa shape index (κ1) is 21.1. The van der Waals surface area contributed by atoms with E-state index in [1.54, 1.807) is 19.2 Å². The van der Waals surface area contributed by atoms with E-state index < -0.39 is 12.1 Å². The quantitative estimate of drug-likeness (QED) is 0.610. The van der Waals surface area contributed by atoms with Crippen LogP contribution in [0.5, 0.6) is 11.6 Å². The number of methoxy groups -OCH3 is 2. The monoisotopic (exact) mass is 412 g/mol. The van der Waals surface area contributed by atoms with E-state index in [2.05, 4.69) is 15.6 Å².